The molecule has 0 spiro atoms. The Balaban J connectivity index is 1.59. The van der Waals surface area contributed by atoms with Crippen molar-refractivity contribution in [1.29, 1.82) is 5.26 Å². The third kappa shape index (κ3) is 4.17. The number of aromatic nitrogens is 2. The number of hydrogen-bond donors (Lipinski definition) is 0. The summed E-state index contributed by atoms with van der Waals surface area (Å²) in [5.74, 6) is 1.21. The summed E-state index contributed by atoms with van der Waals surface area (Å²) in [6, 6.07) is 13.6. The van der Waals surface area contributed by atoms with Gasteiger partial charge in [-0.25, -0.2) is 4.79 Å². The van der Waals surface area contributed by atoms with Crippen molar-refractivity contribution in [2.24, 2.45) is 0 Å². The number of benzene rings is 1. The molecule has 0 radical (unpaired) electrons. The van der Waals surface area contributed by atoms with Crippen LogP contribution in [0.4, 0.5) is 16.3 Å². The number of hydrogen-bond acceptors (Lipinski definition) is 5. The van der Waals surface area contributed by atoms with E-state index >= 15 is 0 Å². The SMILES string of the molecule is CC(C)c1ccc(N(C)C(=O)N2CCN(c3ccc(C#N)nn3)CC2)cc1. The molecule has 1 aliphatic rings. The quantitative estimate of drug-likeness (QED) is 0.837. The Labute approximate surface area is 159 Å². The average molecular weight is 364 g/mol. The Morgan fingerprint density at radius 1 is 1.07 bits per heavy atom. The monoisotopic (exact) mass is 364 g/mol. The number of anilines is 2. The minimum Gasteiger partial charge on any atom is -0.352 e. The first-order valence-electron chi connectivity index (χ1n) is 9.11. The lowest BCUT2D eigenvalue weighted by Gasteiger charge is -2.37. The van der Waals surface area contributed by atoms with E-state index in [1.807, 2.05) is 30.1 Å². The Kier molecular flexibility index (Phi) is 5.55. The molecule has 1 saturated heterocycles. The first-order chi connectivity index (χ1) is 13.0. The highest BCUT2D eigenvalue weighted by molar-refractivity contribution is 5.91. The van der Waals surface area contributed by atoms with Gasteiger partial charge in [0.05, 0.1) is 0 Å². The van der Waals surface area contributed by atoms with Crippen LogP contribution in [0.5, 0.6) is 0 Å². The molecule has 0 unspecified atom stereocenters. The second-order valence-corrected chi connectivity index (χ2v) is 6.95. The van der Waals surface area contributed by atoms with Crippen molar-refractivity contribution in [2.45, 2.75) is 19.8 Å². The van der Waals surface area contributed by atoms with Crippen molar-refractivity contribution in [2.75, 3.05) is 43.0 Å². The molecule has 2 aromatic rings. The molecule has 7 nitrogen and oxygen atoms in total. The summed E-state index contributed by atoms with van der Waals surface area (Å²) in [5.41, 5.74) is 2.46. The van der Waals surface area contributed by atoms with E-state index in [1.54, 1.807) is 17.0 Å². The minimum absolute atomic E-state index is 0.00198. The number of rotatable bonds is 3. The molecule has 0 aliphatic carbocycles. The predicted octanol–water partition coefficient (Wildman–Crippen LogP) is 2.85. The third-order valence-corrected chi connectivity index (χ3v) is 4.87. The topological polar surface area (TPSA) is 76.4 Å². The lowest BCUT2D eigenvalue weighted by atomic mass is 10.0. The van der Waals surface area contributed by atoms with Gasteiger partial charge >= 0.3 is 6.03 Å². The molecule has 0 N–H and O–H groups in total. The molecule has 1 aliphatic heterocycles. The molecular weight excluding hydrogens is 340 g/mol. The molecule has 1 aromatic heterocycles. The normalized spacial score (nSPS) is 14.2. The summed E-state index contributed by atoms with van der Waals surface area (Å²) in [7, 11) is 1.81. The third-order valence-electron chi connectivity index (χ3n) is 4.87. The highest BCUT2D eigenvalue weighted by Gasteiger charge is 2.25. The first kappa shape index (κ1) is 18.6. The zero-order chi connectivity index (χ0) is 19.4. The van der Waals surface area contributed by atoms with Gasteiger partial charge in [-0.3, -0.25) is 4.90 Å². The summed E-state index contributed by atoms with van der Waals surface area (Å²) in [5, 5.41) is 16.8. The molecule has 0 atom stereocenters. The van der Waals surface area contributed by atoms with Crippen LogP contribution in [0.1, 0.15) is 31.0 Å². The van der Waals surface area contributed by atoms with Crippen LogP contribution in [0, 0.1) is 11.3 Å². The van der Waals surface area contributed by atoms with E-state index in [2.05, 4.69) is 41.1 Å². The highest BCUT2D eigenvalue weighted by atomic mass is 16.2. The fourth-order valence-corrected chi connectivity index (χ4v) is 3.09. The predicted molar refractivity (Wildman–Crippen MR) is 105 cm³/mol. The Morgan fingerprint density at radius 3 is 2.26 bits per heavy atom. The summed E-state index contributed by atoms with van der Waals surface area (Å²) in [6.45, 7) is 6.92. The van der Waals surface area contributed by atoms with Gasteiger partial charge in [-0.1, -0.05) is 26.0 Å². The van der Waals surface area contributed by atoms with E-state index < -0.39 is 0 Å². The fourth-order valence-electron chi connectivity index (χ4n) is 3.09. The lowest BCUT2D eigenvalue weighted by molar-refractivity contribution is 0.202. The Morgan fingerprint density at radius 2 is 1.74 bits per heavy atom. The van der Waals surface area contributed by atoms with Crippen LogP contribution in [0.25, 0.3) is 0 Å². The average Bonchev–Trinajstić information content (AvgIpc) is 2.73. The summed E-state index contributed by atoms with van der Waals surface area (Å²) < 4.78 is 0. The van der Waals surface area contributed by atoms with Gasteiger partial charge in [0.2, 0.25) is 0 Å². The van der Waals surface area contributed by atoms with Gasteiger partial charge in [0, 0.05) is 38.9 Å². The van der Waals surface area contributed by atoms with Crippen molar-refractivity contribution in [1.82, 2.24) is 15.1 Å². The number of amides is 2. The molecule has 140 valence electrons. The van der Waals surface area contributed by atoms with Crippen LogP contribution in [-0.2, 0) is 0 Å². The van der Waals surface area contributed by atoms with Gasteiger partial charge < -0.3 is 9.80 Å². The van der Waals surface area contributed by atoms with Gasteiger partial charge in [-0.2, -0.15) is 5.26 Å². The minimum atomic E-state index is -0.00198. The second-order valence-electron chi connectivity index (χ2n) is 6.95. The Bertz CT molecular complexity index is 817. The maximum absolute atomic E-state index is 12.8. The van der Waals surface area contributed by atoms with Crippen molar-refractivity contribution in [3.63, 3.8) is 0 Å². The maximum Gasteiger partial charge on any atom is 0.324 e. The van der Waals surface area contributed by atoms with Gasteiger partial charge in [0.15, 0.2) is 11.5 Å². The van der Waals surface area contributed by atoms with E-state index in [9.17, 15) is 4.79 Å². The van der Waals surface area contributed by atoms with Crippen molar-refractivity contribution < 1.29 is 4.79 Å². The van der Waals surface area contributed by atoms with Gasteiger partial charge in [0.1, 0.15) is 6.07 Å². The summed E-state index contributed by atoms with van der Waals surface area (Å²) in [6.07, 6.45) is 0. The molecule has 3 rings (SSSR count). The highest BCUT2D eigenvalue weighted by Crippen LogP contribution is 2.21. The van der Waals surface area contributed by atoms with Crippen LogP contribution in [0.15, 0.2) is 36.4 Å². The molecule has 2 amide bonds. The number of nitriles is 1. The van der Waals surface area contributed by atoms with Gasteiger partial charge in [-0.15, -0.1) is 10.2 Å². The van der Waals surface area contributed by atoms with Crippen molar-refractivity contribution in [3.05, 3.63) is 47.7 Å². The number of carbonyl (C=O) groups excluding carboxylic acids is 1. The van der Waals surface area contributed by atoms with Gasteiger partial charge in [0.25, 0.3) is 0 Å². The maximum atomic E-state index is 12.8. The second kappa shape index (κ2) is 8.04. The lowest BCUT2D eigenvalue weighted by Crippen LogP contribution is -2.52. The van der Waals surface area contributed by atoms with Crippen LogP contribution in [0.2, 0.25) is 0 Å². The number of urea groups is 1. The van der Waals surface area contributed by atoms with Crippen molar-refractivity contribution in [3.8, 4) is 6.07 Å². The van der Waals surface area contributed by atoms with Crippen LogP contribution in [0.3, 0.4) is 0 Å². The van der Waals surface area contributed by atoms with E-state index in [-0.39, 0.29) is 6.03 Å². The summed E-state index contributed by atoms with van der Waals surface area (Å²) >= 11 is 0. The number of carbonyl (C=O) groups is 1. The van der Waals surface area contributed by atoms with E-state index in [4.69, 9.17) is 5.26 Å². The molecular formula is C20H24N6O. The van der Waals surface area contributed by atoms with E-state index in [0.29, 0.717) is 37.8 Å². The molecule has 7 heteroatoms. The number of piperazine rings is 1. The molecule has 1 fully saturated rings. The molecule has 2 heterocycles. The molecule has 27 heavy (non-hydrogen) atoms. The Hall–Kier alpha value is -3.14. The molecule has 1 aromatic carbocycles. The van der Waals surface area contributed by atoms with E-state index in [0.717, 1.165) is 11.5 Å². The fraction of sp³-hybridized carbons (Fsp3) is 0.400. The first-order valence-corrected chi connectivity index (χ1v) is 9.11. The summed E-state index contributed by atoms with van der Waals surface area (Å²) in [4.78, 5) is 18.4. The zero-order valence-electron chi connectivity index (χ0n) is 16.0. The van der Waals surface area contributed by atoms with Crippen molar-refractivity contribution >= 4 is 17.5 Å². The van der Waals surface area contributed by atoms with E-state index in [1.165, 1.54) is 5.56 Å². The van der Waals surface area contributed by atoms with Crippen LogP contribution < -0.4 is 9.80 Å². The molecule has 0 bridgehead atoms. The van der Waals surface area contributed by atoms with Crippen LogP contribution in [-0.4, -0.2) is 54.4 Å². The number of nitrogens with zero attached hydrogens (tertiary/aromatic N) is 6. The smallest absolute Gasteiger partial charge is 0.324 e. The standard InChI is InChI=1S/C20H24N6O/c1-15(2)16-4-7-18(8-5-16)24(3)20(27)26-12-10-25(11-13-26)19-9-6-17(14-21)22-23-19/h4-9,15H,10-13H2,1-3H3. The molecule has 0 saturated carbocycles. The van der Waals surface area contributed by atoms with Crippen LogP contribution >= 0.6 is 0 Å². The van der Waals surface area contributed by atoms with Gasteiger partial charge in [-0.05, 0) is 35.7 Å². The zero-order valence-corrected chi connectivity index (χ0v) is 16.0. The largest absolute Gasteiger partial charge is 0.352 e.